The molecule has 0 spiro atoms. The van der Waals surface area contributed by atoms with E-state index in [1.807, 2.05) is 11.0 Å². The van der Waals surface area contributed by atoms with Gasteiger partial charge in [0.05, 0.1) is 6.54 Å². The molecule has 6 heteroatoms. The van der Waals surface area contributed by atoms with Crippen LogP contribution in [0.5, 0.6) is 0 Å². The lowest BCUT2D eigenvalue weighted by atomic mass is 10.2. The third-order valence-electron chi connectivity index (χ3n) is 5.20. The van der Waals surface area contributed by atoms with Gasteiger partial charge in [0, 0.05) is 58.8 Å². The van der Waals surface area contributed by atoms with Crippen LogP contribution >= 0.6 is 0 Å². The first kappa shape index (κ1) is 18.9. The highest BCUT2D eigenvalue weighted by atomic mass is 16.2. The molecular weight excluding hydrogens is 328 g/mol. The van der Waals surface area contributed by atoms with Gasteiger partial charge in [0.2, 0.25) is 11.8 Å². The Kier molecular flexibility index (Phi) is 7.03. The Morgan fingerprint density at radius 2 is 1.54 bits per heavy atom. The normalized spacial score (nSPS) is 18.8. The topological polar surface area (TPSA) is 55.9 Å². The lowest BCUT2D eigenvalue weighted by Crippen LogP contribution is -2.49. The van der Waals surface area contributed by atoms with Crippen molar-refractivity contribution in [1.82, 2.24) is 20.0 Å². The van der Waals surface area contributed by atoms with Crippen molar-refractivity contribution in [3.05, 3.63) is 35.9 Å². The van der Waals surface area contributed by atoms with Crippen LogP contribution in [-0.4, -0.2) is 78.9 Å². The highest BCUT2D eigenvalue weighted by Gasteiger charge is 2.20. The van der Waals surface area contributed by atoms with Crippen LogP contribution in [0, 0.1) is 0 Å². The van der Waals surface area contributed by atoms with Gasteiger partial charge in [-0.15, -0.1) is 0 Å². The molecule has 2 aliphatic heterocycles. The predicted octanol–water partition coefficient (Wildman–Crippen LogP) is 0.933. The highest BCUT2D eigenvalue weighted by molar-refractivity contribution is 5.80. The summed E-state index contributed by atoms with van der Waals surface area (Å²) in [5.74, 6) is 0.188. The van der Waals surface area contributed by atoms with Crippen molar-refractivity contribution in [2.75, 3.05) is 52.4 Å². The van der Waals surface area contributed by atoms with Gasteiger partial charge in [-0.05, 0) is 18.4 Å². The maximum Gasteiger partial charge on any atom is 0.234 e. The summed E-state index contributed by atoms with van der Waals surface area (Å²) in [7, 11) is 0. The Labute approximate surface area is 156 Å². The minimum atomic E-state index is 0.0238. The molecule has 142 valence electrons. The molecule has 26 heavy (non-hydrogen) atoms. The van der Waals surface area contributed by atoms with Crippen LogP contribution in [0.15, 0.2) is 30.3 Å². The Morgan fingerprint density at radius 1 is 0.885 bits per heavy atom. The summed E-state index contributed by atoms with van der Waals surface area (Å²) in [6.07, 6.45) is 2.62. The first-order chi connectivity index (χ1) is 12.7. The average molecular weight is 358 g/mol. The van der Waals surface area contributed by atoms with Gasteiger partial charge in [-0.25, -0.2) is 0 Å². The summed E-state index contributed by atoms with van der Waals surface area (Å²) in [6, 6.07) is 10.5. The van der Waals surface area contributed by atoms with Gasteiger partial charge in [-0.1, -0.05) is 30.3 Å². The van der Waals surface area contributed by atoms with Crippen LogP contribution in [0.2, 0.25) is 0 Å². The maximum atomic E-state index is 12.1. The van der Waals surface area contributed by atoms with Crippen LogP contribution in [0.3, 0.4) is 0 Å². The van der Waals surface area contributed by atoms with Gasteiger partial charge in [-0.3, -0.25) is 19.4 Å². The zero-order valence-corrected chi connectivity index (χ0v) is 15.5. The van der Waals surface area contributed by atoms with Crippen LogP contribution in [0.25, 0.3) is 0 Å². The number of nitrogens with one attached hydrogen (secondary N) is 1. The number of carbonyl (C=O) groups is 2. The lowest BCUT2D eigenvalue weighted by molar-refractivity contribution is -0.130. The van der Waals surface area contributed by atoms with E-state index in [1.54, 1.807) is 0 Å². The number of carbonyl (C=O) groups excluding carboxylic acids is 2. The van der Waals surface area contributed by atoms with E-state index in [0.717, 1.165) is 58.7 Å². The van der Waals surface area contributed by atoms with Crippen LogP contribution < -0.4 is 5.32 Å². The monoisotopic (exact) mass is 358 g/mol. The van der Waals surface area contributed by atoms with Crippen molar-refractivity contribution in [1.29, 1.82) is 0 Å². The molecule has 1 aromatic carbocycles. The second-order valence-corrected chi connectivity index (χ2v) is 7.23. The standard InChI is InChI=1S/C20H30N4O2/c25-19(21-9-8-20(26)24-10-4-5-11-24)17-23-14-12-22(13-15-23)16-18-6-2-1-3-7-18/h1-3,6-7H,4-5,8-17H2,(H,21,25). The summed E-state index contributed by atoms with van der Waals surface area (Å²) in [6.45, 7) is 7.38. The molecule has 2 aliphatic rings. The number of hydrogen-bond donors (Lipinski definition) is 1. The van der Waals surface area contributed by atoms with Crippen molar-refractivity contribution in [3.8, 4) is 0 Å². The van der Waals surface area contributed by atoms with E-state index in [0.29, 0.717) is 19.5 Å². The van der Waals surface area contributed by atoms with E-state index in [2.05, 4.69) is 39.4 Å². The number of nitrogens with zero attached hydrogens (tertiary/aromatic N) is 3. The van der Waals surface area contributed by atoms with Crippen LogP contribution in [-0.2, 0) is 16.1 Å². The molecule has 1 N–H and O–H groups in total. The van der Waals surface area contributed by atoms with Gasteiger partial charge in [0.15, 0.2) is 0 Å². The van der Waals surface area contributed by atoms with E-state index < -0.39 is 0 Å². The zero-order valence-electron chi connectivity index (χ0n) is 15.5. The van der Waals surface area contributed by atoms with Crippen molar-refractivity contribution in [3.63, 3.8) is 0 Å². The van der Waals surface area contributed by atoms with E-state index in [4.69, 9.17) is 0 Å². The largest absolute Gasteiger partial charge is 0.354 e. The van der Waals surface area contributed by atoms with Gasteiger partial charge >= 0.3 is 0 Å². The summed E-state index contributed by atoms with van der Waals surface area (Å²) in [5, 5.41) is 2.89. The Balaban J connectivity index is 1.29. The number of piperazine rings is 1. The van der Waals surface area contributed by atoms with E-state index in [9.17, 15) is 9.59 Å². The number of rotatable bonds is 7. The van der Waals surface area contributed by atoms with E-state index in [1.165, 1.54) is 5.56 Å². The first-order valence-corrected chi connectivity index (χ1v) is 9.74. The Bertz CT molecular complexity index is 579. The fourth-order valence-electron chi connectivity index (χ4n) is 3.64. The van der Waals surface area contributed by atoms with Crippen molar-refractivity contribution < 1.29 is 9.59 Å². The highest BCUT2D eigenvalue weighted by Crippen LogP contribution is 2.09. The molecule has 3 rings (SSSR count). The quantitative estimate of drug-likeness (QED) is 0.788. The third-order valence-corrected chi connectivity index (χ3v) is 5.20. The first-order valence-electron chi connectivity index (χ1n) is 9.74. The molecule has 6 nitrogen and oxygen atoms in total. The molecule has 0 unspecified atom stereocenters. The molecular formula is C20H30N4O2. The average Bonchev–Trinajstić information content (AvgIpc) is 3.19. The van der Waals surface area contributed by atoms with E-state index >= 15 is 0 Å². The van der Waals surface area contributed by atoms with Crippen LogP contribution in [0.4, 0.5) is 0 Å². The minimum Gasteiger partial charge on any atom is -0.354 e. The molecule has 2 amide bonds. The summed E-state index contributed by atoms with van der Waals surface area (Å²) in [5.41, 5.74) is 1.33. The van der Waals surface area contributed by atoms with E-state index in [-0.39, 0.29) is 11.8 Å². The van der Waals surface area contributed by atoms with Gasteiger partial charge in [0.25, 0.3) is 0 Å². The molecule has 0 saturated carbocycles. The SMILES string of the molecule is O=C(CN1CCN(Cc2ccccc2)CC1)NCCC(=O)N1CCCC1. The second kappa shape index (κ2) is 9.69. The predicted molar refractivity (Wildman–Crippen MR) is 102 cm³/mol. The Morgan fingerprint density at radius 3 is 2.23 bits per heavy atom. The minimum absolute atomic E-state index is 0.0238. The number of hydrogen-bond acceptors (Lipinski definition) is 4. The van der Waals surface area contributed by atoms with Crippen molar-refractivity contribution in [2.45, 2.75) is 25.8 Å². The van der Waals surface area contributed by atoms with Gasteiger partial charge in [-0.2, -0.15) is 0 Å². The molecule has 0 aliphatic carbocycles. The lowest BCUT2D eigenvalue weighted by Gasteiger charge is -2.34. The van der Waals surface area contributed by atoms with Gasteiger partial charge in [0.1, 0.15) is 0 Å². The number of amides is 2. The van der Waals surface area contributed by atoms with Gasteiger partial charge < -0.3 is 10.2 Å². The summed E-state index contributed by atoms with van der Waals surface area (Å²) in [4.78, 5) is 30.6. The van der Waals surface area contributed by atoms with Crippen LogP contribution in [0.1, 0.15) is 24.8 Å². The molecule has 1 aromatic rings. The third kappa shape index (κ3) is 5.81. The summed E-state index contributed by atoms with van der Waals surface area (Å²) < 4.78 is 0. The smallest absolute Gasteiger partial charge is 0.234 e. The zero-order chi connectivity index (χ0) is 18.2. The molecule has 2 saturated heterocycles. The number of benzene rings is 1. The second-order valence-electron chi connectivity index (χ2n) is 7.23. The Hall–Kier alpha value is -1.92. The maximum absolute atomic E-state index is 12.1. The van der Waals surface area contributed by atoms with Crippen molar-refractivity contribution in [2.24, 2.45) is 0 Å². The fourth-order valence-corrected chi connectivity index (χ4v) is 3.64. The van der Waals surface area contributed by atoms with Crippen molar-refractivity contribution >= 4 is 11.8 Å². The molecule has 0 bridgehead atoms. The molecule has 2 fully saturated rings. The molecule has 0 radical (unpaired) electrons. The molecule has 2 heterocycles. The summed E-state index contributed by atoms with van der Waals surface area (Å²) >= 11 is 0. The fraction of sp³-hybridized carbons (Fsp3) is 0.600. The molecule has 0 aromatic heterocycles. The number of likely N-dealkylation sites (tertiary alicyclic amines) is 1. The molecule has 0 atom stereocenters.